The lowest BCUT2D eigenvalue weighted by molar-refractivity contribution is -0.141. The minimum atomic E-state index is -0.375. The number of rotatable bonds is 4. The molecule has 1 N–H and O–H groups in total. The van der Waals surface area contributed by atoms with Gasteiger partial charge in [0, 0.05) is 0 Å². The predicted molar refractivity (Wildman–Crippen MR) is 88.6 cm³/mol. The van der Waals surface area contributed by atoms with Crippen LogP contribution in [0.15, 0.2) is 12.5 Å². The molecular formula is C16H23N5O3. The summed E-state index contributed by atoms with van der Waals surface area (Å²) in [4.78, 5) is 20.1. The summed E-state index contributed by atoms with van der Waals surface area (Å²) in [5, 5.41) is 8.46. The standard InChI is InChI=1S/C16H23N5O3/c1-15(2)6-11(16(3,4)24-15)20-13-10-7-19-21(8-12(22)23-5)14(10)18-9-17-13/h7,9,11H,6,8H2,1-5H3,(H,17,18,20). The van der Waals surface area contributed by atoms with Gasteiger partial charge in [0.15, 0.2) is 5.65 Å². The van der Waals surface area contributed by atoms with Gasteiger partial charge in [0.2, 0.25) is 0 Å². The third-order valence-corrected chi connectivity index (χ3v) is 4.33. The van der Waals surface area contributed by atoms with Crippen molar-refractivity contribution >= 4 is 22.8 Å². The highest BCUT2D eigenvalue weighted by Gasteiger charge is 2.46. The zero-order chi connectivity index (χ0) is 17.5. The summed E-state index contributed by atoms with van der Waals surface area (Å²) in [6.07, 6.45) is 3.99. The van der Waals surface area contributed by atoms with Crippen molar-refractivity contribution in [3.63, 3.8) is 0 Å². The molecule has 0 radical (unpaired) electrons. The Balaban J connectivity index is 1.90. The minimum Gasteiger partial charge on any atom is -0.468 e. The molecule has 0 bridgehead atoms. The lowest BCUT2D eigenvalue weighted by Crippen LogP contribution is -2.38. The van der Waals surface area contributed by atoms with Crippen LogP contribution in [0.3, 0.4) is 0 Å². The van der Waals surface area contributed by atoms with Crippen LogP contribution in [0.1, 0.15) is 34.1 Å². The summed E-state index contributed by atoms with van der Waals surface area (Å²) in [5.41, 5.74) is 0.0828. The van der Waals surface area contributed by atoms with E-state index in [0.29, 0.717) is 11.5 Å². The molecule has 0 spiro atoms. The lowest BCUT2D eigenvalue weighted by Gasteiger charge is -2.28. The van der Waals surface area contributed by atoms with Crippen LogP contribution in [0.2, 0.25) is 0 Å². The number of aromatic nitrogens is 4. The Hall–Kier alpha value is -2.22. The first kappa shape index (κ1) is 16.6. The maximum Gasteiger partial charge on any atom is 0.327 e. The van der Waals surface area contributed by atoms with Gasteiger partial charge in [0.05, 0.1) is 35.9 Å². The first-order valence-electron chi connectivity index (χ1n) is 7.92. The number of hydrogen-bond donors (Lipinski definition) is 1. The van der Waals surface area contributed by atoms with Crippen LogP contribution in [-0.4, -0.2) is 50.1 Å². The molecule has 2 aromatic rings. The lowest BCUT2D eigenvalue weighted by atomic mass is 9.94. The van der Waals surface area contributed by atoms with Gasteiger partial charge in [-0.15, -0.1) is 0 Å². The first-order chi connectivity index (χ1) is 11.2. The molecule has 2 aromatic heterocycles. The number of ether oxygens (including phenoxy) is 2. The molecule has 1 aliphatic rings. The Morgan fingerprint density at radius 1 is 1.42 bits per heavy atom. The highest BCUT2D eigenvalue weighted by atomic mass is 16.5. The van der Waals surface area contributed by atoms with Crippen LogP contribution in [0.25, 0.3) is 11.0 Å². The van der Waals surface area contributed by atoms with Gasteiger partial charge in [-0.25, -0.2) is 14.6 Å². The molecule has 0 aromatic carbocycles. The average Bonchev–Trinajstić information content (AvgIpc) is 2.97. The number of methoxy groups -OCH3 is 1. The largest absolute Gasteiger partial charge is 0.468 e. The third kappa shape index (κ3) is 3.06. The summed E-state index contributed by atoms with van der Waals surface area (Å²) < 4.78 is 12.3. The fourth-order valence-corrected chi connectivity index (χ4v) is 3.26. The smallest absolute Gasteiger partial charge is 0.327 e. The van der Waals surface area contributed by atoms with Crippen LogP contribution in [0.5, 0.6) is 0 Å². The van der Waals surface area contributed by atoms with Gasteiger partial charge >= 0.3 is 5.97 Å². The topological polar surface area (TPSA) is 91.2 Å². The maximum absolute atomic E-state index is 11.5. The molecular weight excluding hydrogens is 310 g/mol. The summed E-state index contributed by atoms with van der Waals surface area (Å²) >= 11 is 0. The minimum absolute atomic E-state index is 0.0154. The van der Waals surface area contributed by atoms with Gasteiger partial charge in [0.25, 0.3) is 0 Å². The SMILES string of the molecule is COC(=O)Cn1ncc2c(NC3CC(C)(C)OC3(C)C)ncnc21. The van der Waals surface area contributed by atoms with Crippen molar-refractivity contribution in [3.05, 3.63) is 12.5 Å². The summed E-state index contributed by atoms with van der Waals surface area (Å²) in [6.45, 7) is 8.32. The number of esters is 1. The molecule has 1 aliphatic heterocycles. The van der Waals surface area contributed by atoms with E-state index in [1.54, 1.807) is 6.20 Å². The molecule has 1 atom stereocenters. The van der Waals surface area contributed by atoms with Crippen LogP contribution in [0, 0.1) is 0 Å². The molecule has 0 aliphatic carbocycles. The number of fused-ring (bicyclic) bond motifs is 1. The van der Waals surface area contributed by atoms with Crippen molar-refractivity contribution < 1.29 is 14.3 Å². The van der Waals surface area contributed by atoms with Crippen molar-refractivity contribution in [2.45, 2.75) is 57.9 Å². The second kappa shape index (κ2) is 5.70. The summed E-state index contributed by atoms with van der Waals surface area (Å²) in [5.74, 6) is 0.315. The van der Waals surface area contributed by atoms with Gasteiger partial charge in [-0.05, 0) is 34.1 Å². The number of anilines is 1. The van der Waals surface area contributed by atoms with Crippen LogP contribution < -0.4 is 5.32 Å². The van der Waals surface area contributed by atoms with Gasteiger partial charge in [-0.1, -0.05) is 0 Å². The molecule has 8 nitrogen and oxygen atoms in total. The maximum atomic E-state index is 11.5. The highest BCUT2D eigenvalue weighted by molar-refractivity contribution is 5.87. The molecule has 1 unspecified atom stereocenters. The first-order valence-corrected chi connectivity index (χ1v) is 7.92. The number of carbonyl (C=O) groups excluding carboxylic acids is 1. The van der Waals surface area contributed by atoms with E-state index in [9.17, 15) is 4.79 Å². The highest BCUT2D eigenvalue weighted by Crippen LogP contribution is 2.39. The van der Waals surface area contributed by atoms with Gasteiger partial charge in [0.1, 0.15) is 18.7 Å². The van der Waals surface area contributed by atoms with E-state index >= 15 is 0 Å². The number of nitrogens with one attached hydrogen (secondary N) is 1. The Kier molecular flexibility index (Phi) is 3.95. The quantitative estimate of drug-likeness (QED) is 0.852. The number of hydrogen-bond acceptors (Lipinski definition) is 7. The Bertz CT molecular complexity index is 768. The molecule has 0 saturated carbocycles. The molecule has 130 valence electrons. The monoisotopic (exact) mass is 333 g/mol. The average molecular weight is 333 g/mol. The van der Waals surface area contributed by atoms with E-state index < -0.39 is 0 Å². The zero-order valence-electron chi connectivity index (χ0n) is 14.7. The van der Waals surface area contributed by atoms with Gasteiger partial charge in [-0.2, -0.15) is 5.10 Å². The number of nitrogens with zero attached hydrogens (tertiary/aromatic N) is 4. The van der Waals surface area contributed by atoms with Crippen LogP contribution in [0.4, 0.5) is 5.82 Å². The van der Waals surface area contributed by atoms with Crippen molar-refractivity contribution in [3.8, 4) is 0 Å². The third-order valence-electron chi connectivity index (χ3n) is 4.33. The van der Waals surface area contributed by atoms with Crippen LogP contribution >= 0.6 is 0 Å². The zero-order valence-corrected chi connectivity index (χ0v) is 14.7. The van der Waals surface area contributed by atoms with Crippen molar-refractivity contribution in [1.82, 2.24) is 19.7 Å². The Labute approximate surface area is 140 Å². The fourth-order valence-electron chi connectivity index (χ4n) is 3.26. The molecule has 3 rings (SSSR count). The fraction of sp³-hybridized carbons (Fsp3) is 0.625. The Morgan fingerprint density at radius 3 is 2.79 bits per heavy atom. The van der Waals surface area contributed by atoms with E-state index in [0.717, 1.165) is 11.8 Å². The normalized spacial score (nSPS) is 21.8. The summed E-state index contributed by atoms with van der Waals surface area (Å²) in [7, 11) is 1.35. The molecule has 3 heterocycles. The van der Waals surface area contributed by atoms with E-state index in [4.69, 9.17) is 4.74 Å². The summed E-state index contributed by atoms with van der Waals surface area (Å²) in [6, 6.07) is 0.106. The van der Waals surface area contributed by atoms with E-state index in [-0.39, 0.29) is 29.8 Å². The second-order valence-electron chi connectivity index (χ2n) is 7.20. The van der Waals surface area contributed by atoms with E-state index in [1.807, 2.05) is 0 Å². The number of carbonyl (C=O) groups is 1. The van der Waals surface area contributed by atoms with Crippen molar-refractivity contribution in [2.75, 3.05) is 12.4 Å². The van der Waals surface area contributed by atoms with Gasteiger partial charge in [-0.3, -0.25) is 4.79 Å². The molecule has 0 amide bonds. The molecule has 1 saturated heterocycles. The van der Waals surface area contributed by atoms with E-state index in [1.165, 1.54) is 18.1 Å². The predicted octanol–water partition coefficient (Wildman–Crippen LogP) is 1.76. The second-order valence-corrected chi connectivity index (χ2v) is 7.20. The van der Waals surface area contributed by atoms with E-state index in [2.05, 4.69) is 52.8 Å². The van der Waals surface area contributed by atoms with Crippen molar-refractivity contribution in [2.24, 2.45) is 0 Å². The molecule has 24 heavy (non-hydrogen) atoms. The molecule has 8 heteroatoms. The van der Waals surface area contributed by atoms with Crippen molar-refractivity contribution in [1.29, 1.82) is 0 Å². The molecule has 1 fully saturated rings. The van der Waals surface area contributed by atoms with Crippen LogP contribution in [-0.2, 0) is 20.8 Å². The van der Waals surface area contributed by atoms with Gasteiger partial charge < -0.3 is 14.8 Å². The Morgan fingerprint density at radius 2 is 2.17 bits per heavy atom.